The topological polar surface area (TPSA) is 39.7 Å². The van der Waals surface area contributed by atoms with E-state index < -0.39 is 0 Å². The number of methoxy groups -OCH3 is 3. The Hall–Kier alpha value is -1.42. The second-order valence-corrected chi connectivity index (χ2v) is 4.71. The van der Waals surface area contributed by atoms with Crippen molar-refractivity contribution in [3.8, 4) is 11.5 Å². The average Bonchev–Trinajstić information content (AvgIpc) is 2.38. The van der Waals surface area contributed by atoms with Gasteiger partial charge < -0.3 is 19.5 Å². The molecule has 4 heteroatoms. The molecular weight excluding hydrogens is 230 g/mol. The molecule has 0 atom stereocenters. The van der Waals surface area contributed by atoms with Gasteiger partial charge in [-0.1, -0.05) is 0 Å². The van der Waals surface area contributed by atoms with Gasteiger partial charge in [-0.15, -0.1) is 0 Å². The molecule has 0 aromatic heterocycles. The minimum Gasteiger partial charge on any atom is -0.497 e. The van der Waals surface area contributed by atoms with Crippen LogP contribution in [0.25, 0.3) is 0 Å². The molecule has 0 unspecified atom stereocenters. The summed E-state index contributed by atoms with van der Waals surface area (Å²) < 4.78 is 15.9. The fraction of sp³-hybridized carbons (Fsp3) is 0.571. The van der Waals surface area contributed by atoms with E-state index in [0.29, 0.717) is 0 Å². The molecule has 0 heterocycles. The summed E-state index contributed by atoms with van der Waals surface area (Å²) in [6, 6.07) is 5.73. The van der Waals surface area contributed by atoms with Gasteiger partial charge in [0.25, 0.3) is 0 Å². The maximum atomic E-state index is 5.38. The van der Waals surface area contributed by atoms with Crippen molar-refractivity contribution in [1.82, 2.24) is 0 Å². The van der Waals surface area contributed by atoms with Crippen LogP contribution in [0.1, 0.15) is 20.3 Å². The molecule has 0 radical (unpaired) electrons. The Balaban J connectivity index is 2.62. The third kappa shape index (κ3) is 4.11. The Labute approximate surface area is 109 Å². The number of hydrogen-bond acceptors (Lipinski definition) is 4. The summed E-state index contributed by atoms with van der Waals surface area (Å²) in [7, 11) is 5.02. The van der Waals surface area contributed by atoms with Crippen LogP contribution in [0.2, 0.25) is 0 Å². The van der Waals surface area contributed by atoms with Crippen molar-refractivity contribution < 1.29 is 14.2 Å². The quantitative estimate of drug-likeness (QED) is 0.811. The third-order valence-electron chi connectivity index (χ3n) is 3.00. The second-order valence-electron chi connectivity index (χ2n) is 4.71. The Morgan fingerprint density at radius 2 is 1.83 bits per heavy atom. The van der Waals surface area contributed by atoms with E-state index in [-0.39, 0.29) is 5.60 Å². The first-order chi connectivity index (χ1) is 8.52. The van der Waals surface area contributed by atoms with E-state index in [1.807, 2.05) is 18.2 Å². The predicted octanol–water partition coefficient (Wildman–Crippen LogP) is 2.93. The first kappa shape index (κ1) is 14.6. The van der Waals surface area contributed by atoms with E-state index >= 15 is 0 Å². The van der Waals surface area contributed by atoms with Crippen molar-refractivity contribution in [1.29, 1.82) is 0 Å². The molecule has 18 heavy (non-hydrogen) atoms. The molecule has 0 fully saturated rings. The molecule has 0 spiro atoms. The van der Waals surface area contributed by atoms with Gasteiger partial charge >= 0.3 is 0 Å². The number of ether oxygens (including phenoxy) is 3. The van der Waals surface area contributed by atoms with Crippen LogP contribution in [-0.4, -0.2) is 33.5 Å². The minimum atomic E-state index is -0.118. The smallest absolute Gasteiger partial charge is 0.145 e. The summed E-state index contributed by atoms with van der Waals surface area (Å²) in [6.07, 6.45) is 0.915. The monoisotopic (exact) mass is 253 g/mol. The highest BCUT2D eigenvalue weighted by Gasteiger charge is 2.15. The van der Waals surface area contributed by atoms with Crippen LogP contribution in [0, 0.1) is 0 Å². The zero-order valence-electron chi connectivity index (χ0n) is 11.9. The molecule has 1 aromatic rings. The van der Waals surface area contributed by atoms with E-state index in [4.69, 9.17) is 14.2 Å². The molecule has 1 rings (SSSR count). The van der Waals surface area contributed by atoms with Gasteiger partial charge in [-0.25, -0.2) is 0 Å². The Morgan fingerprint density at radius 1 is 1.11 bits per heavy atom. The standard InChI is InChI=1S/C14H23NO3/c1-14(2,18-5)8-9-15-12-7-6-11(16-3)10-13(12)17-4/h6-7,10,15H,8-9H2,1-5H3. The van der Waals surface area contributed by atoms with E-state index in [1.165, 1.54) is 0 Å². The fourth-order valence-electron chi connectivity index (χ4n) is 1.54. The summed E-state index contributed by atoms with van der Waals surface area (Å²) in [5.41, 5.74) is 0.845. The molecule has 0 bridgehead atoms. The van der Waals surface area contributed by atoms with Crippen molar-refractivity contribution in [2.45, 2.75) is 25.9 Å². The molecule has 0 aliphatic carbocycles. The predicted molar refractivity (Wildman–Crippen MR) is 73.7 cm³/mol. The van der Waals surface area contributed by atoms with Gasteiger partial charge in [0.2, 0.25) is 0 Å². The van der Waals surface area contributed by atoms with Gasteiger partial charge in [-0.05, 0) is 32.4 Å². The van der Waals surface area contributed by atoms with Crippen LogP contribution in [0.5, 0.6) is 11.5 Å². The van der Waals surface area contributed by atoms with Gasteiger partial charge in [-0.3, -0.25) is 0 Å². The second kappa shape index (κ2) is 6.50. The lowest BCUT2D eigenvalue weighted by molar-refractivity contribution is 0.0185. The van der Waals surface area contributed by atoms with Crippen LogP contribution < -0.4 is 14.8 Å². The van der Waals surface area contributed by atoms with Gasteiger partial charge in [0.15, 0.2) is 0 Å². The zero-order chi connectivity index (χ0) is 13.6. The van der Waals surface area contributed by atoms with Crippen LogP contribution in [0.3, 0.4) is 0 Å². The first-order valence-corrected chi connectivity index (χ1v) is 6.03. The molecule has 1 aromatic carbocycles. The molecule has 0 aliphatic rings. The average molecular weight is 253 g/mol. The largest absolute Gasteiger partial charge is 0.497 e. The van der Waals surface area contributed by atoms with Crippen LogP contribution in [-0.2, 0) is 4.74 Å². The Bertz CT molecular complexity index is 377. The zero-order valence-corrected chi connectivity index (χ0v) is 11.9. The molecule has 0 amide bonds. The van der Waals surface area contributed by atoms with Crippen LogP contribution >= 0.6 is 0 Å². The molecule has 1 N–H and O–H groups in total. The maximum absolute atomic E-state index is 5.38. The molecular formula is C14H23NO3. The lowest BCUT2D eigenvalue weighted by Gasteiger charge is -2.23. The van der Waals surface area contributed by atoms with Gasteiger partial charge in [-0.2, -0.15) is 0 Å². The van der Waals surface area contributed by atoms with E-state index in [2.05, 4.69) is 19.2 Å². The summed E-state index contributed by atoms with van der Waals surface area (Å²) in [4.78, 5) is 0. The lowest BCUT2D eigenvalue weighted by Crippen LogP contribution is -2.25. The third-order valence-corrected chi connectivity index (χ3v) is 3.00. The summed E-state index contributed by atoms with van der Waals surface area (Å²) in [5, 5.41) is 3.35. The molecule has 4 nitrogen and oxygen atoms in total. The highest BCUT2D eigenvalue weighted by atomic mass is 16.5. The number of anilines is 1. The van der Waals surface area contributed by atoms with Crippen molar-refractivity contribution in [2.24, 2.45) is 0 Å². The van der Waals surface area contributed by atoms with Crippen molar-refractivity contribution in [3.63, 3.8) is 0 Å². The first-order valence-electron chi connectivity index (χ1n) is 6.03. The molecule has 0 saturated carbocycles. The van der Waals surface area contributed by atoms with Crippen molar-refractivity contribution in [2.75, 3.05) is 33.2 Å². The Kier molecular flexibility index (Phi) is 5.28. The number of nitrogens with one attached hydrogen (secondary N) is 1. The van der Waals surface area contributed by atoms with Crippen molar-refractivity contribution in [3.05, 3.63) is 18.2 Å². The fourth-order valence-corrected chi connectivity index (χ4v) is 1.54. The summed E-state index contributed by atoms with van der Waals surface area (Å²) >= 11 is 0. The number of benzene rings is 1. The van der Waals surface area contributed by atoms with E-state index in [9.17, 15) is 0 Å². The van der Waals surface area contributed by atoms with Gasteiger partial charge in [0, 0.05) is 19.7 Å². The molecule has 0 aliphatic heterocycles. The SMILES string of the molecule is COc1ccc(NCCC(C)(C)OC)c(OC)c1. The van der Waals surface area contributed by atoms with E-state index in [0.717, 1.165) is 30.2 Å². The maximum Gasteiger partial charge on any atom is 0.145 e. The minimum absolute atomic E-state index is 0.118. The Morgan fingerprint density at radius 3 is 2.39 bits per heavy atom. The molecule has 102 valence electrons. The molecule has 0 saturated heterocycles. The summed E-state index contributed by atoms with van der Waals surface area (Å²) in [5.74, 6) is 1.57. The van der Waals surface area contributed by atoms with Crippen molar-refractivity contribution >= 4 is 5.69 Å². The summed E-state index contributed by atoms with van der Waals surface area (Å²) in [6.45, 7) is 4.96. The van der Waals surface area contributed by atoms with Gasteiger partial charge in [0.1, 0.15) is 11.5 Å². The van der Waals surface area contributed by atoms with Crippen LogP contribution in [0.15, 0.2) is 18.2 Å². The number of rotatable bonds is 7. The van der Waals surface area contributed by atoms with Gasteiger partial charge in [0.05, 0.1) is 25.5 Å². The van der Waals surface area contributed by atoms with Crippen LogP contribution in [0.4, 0.5) is 5.69 Å². The number of hydrogen-bond donors (Lipinski definition) is 1. The lowest BCUT2D eigenvalue weighted by atomic mass is 10.1. The highest BCUT2D eigenvalue weighted by molar-refractivity contribution is 5.59. The normalized spacial score (nSPS) is 11.2. The van der Waals surface area contributed by atoms with E-state index in [1.54, 1.807) is 21.3 Å². The highest BCUT2D eigenvalue weighted by Crippen LogP contribution is 2.29.